The van der Waals surface area contributed by atoms with E-state index in [2.05, 4.69) is 0 Å². The van der Waals surface area contributed by atoms with Crippen LogP contribution >= 0.6 is 0 Å². The first-order valence-corrected chi connectivity index (χ1v) is 0. The van der Waals surface area contributed by atoms with Crippen molar-refractivity contribution in [3.63, 3.8) is 0 Å². The molecule has 0 rings (SSSR count). The van der Waals surface area contributed by atoms with Crippen molar-refractivity contribution in [3.8, 4) is 0 Å². The van der Waals surface area contributed by atoms with E-state index in [1.54, 1.807) is 0 Å². The molecule has 0 fully saturated rings. The molecular formula is H3NNa5. The van der Waals surface area contributed by atoms with Crippen molar-refractivity contribution < 1.29 is 0 Å². The summed E-state index contributed by atoms with van der Waals surface area (Å²) in [4.78, 5) is 0. The van der Waals surface area contributed by atoms with Crippen LogP contribution in [0, 0.1) is 0 Å². The third kappa shape index (κ3) is 23.1. The molecular weight excluding hydrogens is 129 g/mol. The first-order chi connectivity index (χ1) is 0. The Morgan fingerprint density at radius 3 is 0.333 bits per heavy atom. The van der Waals surface area contributed by atoms with E-state index in [0.29, 0.717) is 0 Å². The zero-order valence-corrected chi connectivity index (χ0v) is 15.7. The van der Waals surface area contributed by atoms with Gasteiger partial charge in [0.1, 0.15) is 0 Å². The first kappa shape index (κ1) is 44.2. The Bertz CT molecular complexity index is 3.90. The molecule has 0 aromatic heterocycles. The maximum absolute atomic E-state index is 0. The third-order valence-electron chi connectivity index (χ3n) is 0. The predicted molar refractivity (Wildman–Crippen MR) is 33.8 cm³/mol. The van der Waals surface area contributed by atoms with Crippen molar-refractivity contribution in [2.24, 2.45) is 0 Å². The number of hydrogen-bond donors (Lipinski definition) is 1. The fourth-order valence-electron chi connectivity index (χ4n) is 0. The Labute approximate surface area is 150 Å². The normalized spacial score (nSPS) is 0. The Balaban J connectivity index is 0. The van der Waals surface area contributed by atoms with Crippen LogP contribution in [0.3, 0.4) is 0 Å². The molecule has 3 N–H and O–H groups in total. The van der Waals surface area contributed by atoms with Crippen LogP contribution in [0.5, 0.6) is 0 Å². The maximum atomic E-state index is 0. The van der Waals surface area contributed by atoms with Crippen molar-refractivity contribution in [1.82, 2.24) is 6.15 Å². The van der Waals surface area contributed by atoms with Gasteiger partial charge in [-0.15, -0.1) is 0 Å². The minimum absolute atomic E-state index is 0. The maximum Gasteiger partial charge on any atom is 0 e. The van der Waals surface area contributed by atoms with Crippen molar-refractivity contribution >= 4 is 148 Å². The molecule has 0 saturated heterocycles. The van der Waals surface area contributed by atoms with Gasteiger partial charge in [-0.1, -0.05) is 0 Å². The molecule has 6 heteroatoms. The van der Waals surface area contributed by atoms with Crippen molar-refractivity contribution in [2.45, 2.75) is 0 Å². The van der Waals surface area contributed by atoms with Gasteiger partial charge in [-0.25, -0.2) is 0 Å². The fraction of sp³-hybridized carbons (Fsp3) is 0. The summed E-state index contributed by atoms with van der Waals surface area (Å²) < 4.78 is 0. The molecule has 5 radical (unpaired) electrons. The molecule has 0 bridgehead atoms. The van der Waals surface area contributed by atoms with Crippen molar-refractivity contribution in [3.05, 3.63) is 0 Å². The molecule has 0 spiro atoms. The van der Waals surface area contributed by atoms with Gasteiger partial charge in [-0.2, -0.15) is 0 Å². The summed E-state index contributed by atoms with van der Waals surface area (Å²) >= 11 is 0. The van der Waals surface area contributed by atoms with E-state index >= 15 is 0 Å². The molecule has 0 aliphatic carbocycles. The van der Waals surface area contributed by atoms with Crippen LogP contribution in [0.15, 0.2) is 0 Å². The summed E-state index contributed by atoms with van der Waals surface area (Å²) in [5.74, 6) is 0. The summed E-state index contributed by atoms with van der Waals surface area (Å²) in [6.07, 6.45) is 0. The van der Waals surface area contributed by atoms with Gasteiger partial charge in [0, 0.05) is 148 Å². The average Bonchev–Trinajstić information content (AvgIpc) is 0. The monoisotopic (exact) mass is 132 g/mol. The largest absolute Gasteiger partial charge is 0.344 e. The fourth-order valence-corrected chi connectivity index (χ4v) is 0. The van der Waals surface area contributed by atoms with E-state index in [9.17, 15) is 0 Å². The van der Waals surface area contributed by atoms with E-state index < -0.39 is 0 Å². The van der Waals surface area contributed by atoms with E-state index in [1.807, 2.05) is 0 Å². The van der Waals surface area contributed by atoms with Crippen LogP contribution in [0.1, 0.15) is 0 Å². The van der Waals surface area contributed by atoms with Crippen molar-refractivity contribution in [2.75, 3.05) is 0 Å². The Kier molecular flexibility index (Phi) is 239. The van der Waals surface area contributed by atoms with Crippen molar-refractivity contribution in [1.29, 1.82) is 0 Å². The molecule has 0 heterocycles. The van der Waals surface area contributed by atoms with Crippen LogP contribution in [-0.2, 0) is 0 Å². The second-order valence-electron chi connectivity index (χ2n) is 0. The predicted octanol–water partition coefficient (Wildman–Crippen LogP) is -1.74. The van der Waals surface area contributed by atoms with E-state index in [1.165, 1.54) is 0 Å². The van der Waals surface area contributed by atoms with Crippen LogP contribution < -0.4 is 6.15 Å². The van der Waals surface area contributed by atoms with Gasteiger partial charge in [-0.05, 0) is 0 Å². The van der Waals surface area contributed by atoms with Crippen LogP contribution in [0.2, 0.25) is 0 Å². The average molecular weight is 132 g/mol. The molecule has 0 aromatic carbocycles. The van der Waals surface area contributed by atoms with Crippen LogP contribution in [0.25, 0.3) is 0 Å². The van der Waals surface area contributed by atoms with Crippen LogP contribution in [-0.4, -0.2) is 148 Å². The summed E-state index contributed by atoms with van der Waals surface area (Å²) in [6.45, 7) is 0. The molecule has 0 saturated carbocycles. The van der Waals surface area contributed by atoms with Gasteiger partial charge in [0.2, 0.25) is 0 Å². The minimum atomic E-state index is 0. The minimum Gasteiger partial charge on any atom is -0.344 e. The molecule has 0 amide bonds. The molecule has 6 heavy (non-hydrogen) atoms. The molecule has 0 aromatic rings. The van der Waals surface area contributed by atoms with Gasteiger partial charge >= 0.3 is 0 Å². The molecule has 1 nitrogen and oxygen atoms in total. The molecule has 0 aliphatic heterocycles. The smallest absolute Gasteiger partial charge is 0 e. The second kappa shape index (κ2) is 32.5. The van der Waals surface area contributed by atoms with Gasteiger partial charge < -0.3 is 6.15 Å². The second-order valence-corrected chi connectivity index (χ2v) is 0. The Morgan fingerprint density at radius 1 is 0.333 bits per heavy atom. The summed E-state index contributed by atoms with van der Waals surface area (Å²) in [5.41, 5.74) is 0. The SMILES string of the molecule is N.[Na].[Na].[Na].[Na].[Na]. The van der Waals surface area contributed by atoms with E-state index in [-0.39, 0.29) is 154 Å². The summed E-state index contributed by atoms with van der Waals surface area (Å²) in [6, 6.07) is 0. The Hall–Kier alpha value is 4.96. The summed E-state index contributed by atoms with van der Waals surface area (Å²) in [7, 11) is 0. The molecule has 13 valence electrons. The summed E-state index contributed by atoms with van der Waals surface area (Å²) in [5, 5.41) is 0. The number of hydrogen-bond acceptors (Lipinski definition) is 1. The molecule has 0 unspecified atom stereocenters. The standard InChI is InChI=1S/H3N.5Na/h1H3;;;;;. The van der Waals surface area contributed by atoms with E-state index in [0.717, 1.165) is 0 Å². The zero-order chi connectivity index (χ0) is 0. The van der Waals surface area contributed by atoms with Gasteiger partial charge in [0.05, 0.1) is 0 Å². The van der Waals surface area contributed by atoms with Gasteiger partial charge in [-0.3, -0.25) is 0 Å². The van der Waals surface area contributed by atoms with E-state index in [4.69, 9.17) is 0 Å². The van der Waals surface area contributed by atoms with Gasteiger partial charge in [0.15, 0.2) is 0 Å². The number of rotatable bonds is 0. The zero-order valence-electron chi connectivity index (χ0n) is 5.71. The first-order valence-electron chi connectivity index (χ1n) is 0. The molecule has 0 aliphatic rings. The topological polar surface area (TPSA) is 35.0 Å². The molecule has 0 atom stereocenters. The quantitative estimate of drug-likeness (QED) is 0.390. The third-order valence-corrected chi connectivity index (χ3v) is 0. The van der Waals surface area contributed by atoms with Crippen LogP contribution in [0.4, 0.5) is 0 Å². The Morgan fingerprint density at radius 2 is 0.333 bits per heavy atom. The van der Waals surface area contributed by atoms with Gasteiger partial charge in [0.25, 0.3) is 0 Å².